The second-order valence-electron chi connectivity index (χ2n) is 6.61. The molecule has 1 aromatic heterocycles. The van der Waals surface area contributed by atoms with E-state index in [4.69, 9.17) is 27.9 Å². The number of pyridine rings is 1. The van der Waals surface area contributed by atoms with Gasteiger partial charge < -0.3 is 10.1 Å². The summed E-state index contributed by atoms with van der Waals surface area (Å²) >= 11 is 11.8. The minimum atomic E-state index is -1.19. The minimum Gasteiger partial charge on any atom is -0.448 e. The van der Waals surface area contributed by atoms with Crippen LogP contribution in [0, 0.1) is 10.8 Å². The SMILES string of the molecule is CC1(C)[C@]2(C)CC[C@]1(C(=O)Nc1ncc(Cl)cc1Cl)OC2=O. The molecular weight excluding hydrogens is 327 g/mol. The van der Waals surface area contributed by atoms with Gasteiger partial charge in [0, 0.05) is 11.6 Å². The van der Waals surface area contributed by atoms with E-state index in [1.54, 1.807) is 0 Å². The third-order valence-corrected chi connectivity index (χ3v) is 5.98. The number of halogens is 2. The highest BCUT2D eigenvalue weighted by Crippen LogP contribution is 2.65. The summed E-state index contributed by atoms with van der Waals surface area (Å²) in [6.45, 7) is 5.63. The number of rotatable bonds is 2. The topological polar surface area (TPSA) is 68.3 Å². The van der Waals surface area contributed by atoms with E-state index in [0.29, 0.717) is 17.9 Å². The zero-order valence-electron chi connectivity index (χ0n) is 12.5. The van der Waals surface area contributed by atoms with E-state index in [1.165, 1.54) is 12.3 Å². The number of hydrogen-bond donors (Lipinski definition) is 1. The summed E-state index contributed by atoms with van der Waals surface area (Å²) in [4.78, 5) is 29.0. The van der Waals surface area contributed by atoms with Crippen molar-refractivity contribution in [3.05, 3.63) is 22.3 Å². The Hall–Kier alpha value is -1.33. The second-order valence-corrected chi connectivity index (χ2v) is 7.46. The Bertz CT molecular complexity index is 691. The summed E-state index contributed by atoms with van der Waals surface area (Å²) in [5, 5.41) is 3.29. The van der Waals surface area contributed by atoms with Crippen molar-refractivity contribution in [1.82, 2.24) is 4.98 Å². The molecule has 2 bridgehead atoms. The van der Waals surface area contributed by atoms with E-state index in [2.05, 4.69) is 10.3 Å². The van der Waals surface area contributed by atoms with Crippen molar-refractivity contribution in [2.24, 2.45) is 10.8 Å². The van der Waals surface area contributed by atoms with E-state index in [-0.39, 0.29) is 16.8 Å². The molecule has 2 atom stereocenters. The number of fused-ring (bicyclic) bond motifs is 2. The lowest BCUT2D eigenvalue weighted by molar-refractivity contribution is -0.165. The van der Waals surface area contributed by atoms with Crippen molar-refractivity contribution in [2.45, 2.75) is 39.2 Å². The van der Waals surface area contributed by atoms with Crippen LogP contribution in [-0.2, 0) is 14.3 Å². The third kappa shape index (κ3) is 1.75. The van der Waals surface area contributed by atoms with E-state index in [1.807, 2.05) is 20.8 Å². The van der Waals surface area contributed by atoms with Crippen molar-refractivity contribution >= 4 is 40.9 Å². The fraction of sp³-hybridized carbons (Fsp3) is 0.533. The van der Waals surface area contributed by atoms with Crippen molar-refractivity contribution in [3.63, 3.8) is 0 Å². The van der Waals surface area contributed by atoms with Gasteiger partial charge in [0.25, 0.3) is 5.91 Å². The average molecular weight is 343 g/mol. The smallest absolute Gasteiger partial charge is 0.313 e. The second kappa shape index (κ2) is 4.59. The number of nitrogens with one attached hydrogen (secondary N) is 1. The maximum absolute atomic E-state index is 12.8. The third-order valence-electron chi connectivity index (χ3n) is 5.49. The van der Waals surface area contributed by atoms with Crippen molar-refractivity contribution in [1.29, 1.82) is 0 Å². The van der Waals surface area contributed by atoms with Gasteiger partial charge >= 0.3 is 5.97 Å². The number of hydrogen-bond acceptors (Lipinski definition) is 4. The van der Waals surface area contributed by atoms with Gasteiger partial charge in [-0.3, -0.25) is 9.59 Å². The van der Waals surface area contributed by atoms with E-state index in [9.17, 15) is 9.59 Å². The molecule has 118 valence electrons. The molecule has 2 aliphatic rings. The van der Waals surface area contributed by atoms with Gasteiger partial charge in [0.2, 0.25) is 0 Å². The molecule has 2 heterocycles. The fourth-order valence-corrected chi connectivity index (χ4v) is 3.89. The first-order chi connectivity index (χ1) is 10.1. The van der Waals surface area contributed by atoms with Gasteiger partial charge in [0.1, 0.15) is 0 Å². The zero-order valence-corrected chi connectivity index (χ0v) is 14.0. The lowest BCUT2D eigenvalue weighted by atomic mass is 9.66. The number of anilines is 1. The molecule has 5 nitrogen and oxygen atoms in total. The minimum absolute atomic E-state index is 0.206. The maximum Gasteiger partial charge on any atom is 0.313 e. The van der Waals surface area contributed by atoms with Crippen LogP contribution in [0.25, 0.3) is 0 Å². The molecule has 0 aromatic carbocycles. The molecule has 1 amide bonds. The van der Waals surface area contributed by atoms with E-state index < -0.39 is 22.3 Å². The van der Waals surface area contributed by atoms with Gasteiger partial charge in [0.05, 0.1) is 15.5 Å². The van der Waals surface area contributed by atoms with Gasteiger partial charge in [-0.05, 0) is 25.8 Å². The van der Waals surface area contributed by atoms with Crippen LogP contribution in [0.2, 0.25) is 10.0 Å². The Morgan fingerprint density at radius 2 is 2.00 bits per heavy atom. The zero-order chi connectivity index (χ0) is 16.3. The van der Waals surface area contributed by atoms with Crippen LogP contribution in [0.3, 0.4) is 0 Å². The largest absolute Gasteiger partial charge is 0.448 e. The molecule has 2 fully saturated rings. The Kier molecular flexibility index (Phi) is 3.24. The average Bonchev–Trinajstić information content (AvgIpc) is 2.72. The van der Waals surface area contributed by atoms with Crippen molar-refractivity contribution < 1.29 is 14.3 Å². The predicted octanol–water partition coefficient (Wildman–Crippen LogP) is 3.45. The highest BCUT2D eigenvalue weighted by atomic mass is 35.5. The molecule has 0 spiro atoms. The van der Waals surface area contributed by atoms with Crippen LogP contribution in [0.4, 0.5) is 5.82 Å². The lowest BCUT2D eigenvalue weighted by Gasteiger charge is -2.35. The fourth-order valence-electron chi connectivity index (χ4n) is 3.46. The van der Waals surface area contributed by atoms with Crippen LogP contribution >= 0.6 is 23.2 Å². The number of ether oxygens (including phenoxy) is 1. The number of amides is 1. The predicted molar refractivity (Wildman–Crippen MR) is 82.8 cm³/mol. The monoisotopic (exact) mass is 342 g/mol. The van der Waals surface area contributed by atoms with Crippen LogP contribution in [-0.4, -0.2) is 22.5 Å². The lowest BCUT2D eigenvalue weighted by Crippen LogP contribution is -2.50. The summed E-state index contributed by atoms with van der Waals surface area (Å²) in [5.41, 5.74) is -2.45. The molecular formula is C15H16Cl2N2O3. The summed E-state index contributed by atoms with van der Waals surface area (Å²) in [6, 6.07) is 1.49. The van der Waals surface area contributed by atoms with Crippen LogP contribution < -0.4 is 5.32 Å². The van der Waals surface area contributed by atoms with Gasteiger partial charge in [-0.2, -0.15) is 0 Å². The summed E-state index contributed by atoms with van der Waals surface area (Å²) in [6.07, 6.45) is 2.50. The Morgan fingerprint density at radius 3 is 2.50 bits per heavy atom. The Labute approximate surface area is 138 Å². The van der Waals surface area contributed by atoms with Crippen molar-refractivity contribution in [2.75, 3.05) is 5.32 Å². The highest BCUT2D eigenvalue weighted by Gasteiger charge is 2.75. The molecule has 0 radical (unpaired) electrons. The number of nitrogens with zero attached hydrogens (tertiary/aromatic N) is 1. The molecule has 22 heavy (non-hydrogen) atoms. The van der Waals surface area contributed by atoms with Crippen LogP contribution in [0.5, 0.6) is 0 Å². The molecule has 1 aliphatic heterocycles. The van der Waals surface area contributed by atoms with E-state index in [0.717, 1.165) is 0 Å². The highest BCUT2D eigenvalue weighted by molar-refractivity contribution is 6.36. The molecule has 1 aromatic rings. The molecule has 1 N–H and O–H groups in total. The summed E-state index contributed by atoms with van der Waals surface area (Å²) in [7, 11) is 0. The van der Waals surface area contributed by atoms with Crippen LogP contribution in [0.1, 0.15) is 33.6 Å². The summed E-state index contributed by atoms with van der Waals surface area (Å²) in [5.74, 6) is -0.518. The number of carbonyl (C=O) groups is 2. The molecule has 7 heteroatoms. The van der Waals surface area contributed by atoms with Crippen molar-refractivity contribution in [3.8, 4) is 0 Å². The quantitative estimate of drug-likeness (QED) is 0.835. The Balaban J connectivity index is 1.94. The molecule has 1 aliphatic carbocycles. The molecule has 1 saturated heterocycles. The van der Waals surface area contributed by atoms with Gasteiger partial charge in [-0.1, -0.05) is 37.0 Å². The normalized spacial score (nSPS) is 32.0. The summed E-state index contributed by atoms with van der Waals surface area (Å²) < 4.78 is 5.52. The molecule has 3 rings (SSSR count). The number of carbonyl (C=O) groups excluding carboxylic acids is 2. The maximum atomic E-state index is 12.8. The van der Waals surface area contributed by atoms with Gasteiger partial charge in [-0.25, -0.2) is 4.98 Å². The first-order valence-corrected chi connectivity index (χ1v) is 7.76. The number of aromatic nitrogens is 1. The standard InChI is InChI=1S/C15H16Cl2N2O3/c1-13(2)14(3)4-5-15(13,22-12(14)21)11(20)19-10-9(17)6-8(16)7-18-10/h6-7H,4-5H2,1-3H3,(H,18,19,20)/t14-,15-/m1/s1. The first-order valence-electron chi connectivity index (χ1n) is 7.00. The molecule has 1 saturated carbocycles. The first kappa shape index (κ1) is 15.6. The van der Waals surface area contributed by atoms with E-state index >= 15 is 0 Å². The number of esters is 1. The van der Waals surface area contributed by atoms with Gasteiger partial charge in [-0.15, -0.1) is 0 Å². The van der Waals surface area contributed by atoms with Crippen LogP contribution in [0.15, 0.2) is 12.3 Å². The van der Waals surface area contributed by atoms with Gasteiger partial charge in [0.15, 0.2) is 11.4 Å². The Morgan fingerprint density at radius 1 is 1.32 bits per heavy atom. The molecule has 0 unspecified atom stereocenters.